The van der Waals surface area contributed by atoms with Crippen molar-refractivity contribution in [2.24, 2.45) is 0 Å². The summed E-state index contributed by atoms with van der Waals surface area (Å²) >= 11 is 0. The number of amides is 1. The molecule has 29 heavy (non-hydrogen) atoms. The molecule has 3 aromatic rings. The molecule has 2 heterocycles. The van der Waals surface area contributed by atoms with Gasteiger partial charge in [-0.3, -0.25) is 4.79 Å². The van der Waals surface area contributed by atoms with Crippen LogP contribution in [0.1, 0.15) is 28.4 Å². The van der Waals surface area contributed by atoms with Gasteiger partial charge < -0.3 is 15.1 Å². The van der Waals surface area contributed by atoms with Crippen molar-refractivity contribution in [1.82, 2.24) is 9.88 Å². The molecule has 0 spiro atoms. The Balaban J connectivity index is 1.54. The van der Waals surface area contributed by atoms with Crippen molar-refractivity contribution >= 4 is 28.3 Å². The zero-order valence-corrected chi connectivity index (χ0v) is 17.4. The van der Waals surface area contributed by atoms with Gasteiger partial charge in [-0.15, -0.1) is 0 Å². The molecule has 0 atom stereocenters. The van der Waals surface area contributed by atoms with Crippen LogP contribution in [-0.2, 0) is 0 Å². The minimum Gasteiger partial charge on any atom is -0.354 e. The van der Waals surface area contributed by atoms with E-state index in [0.29, 0.717) is 5.56 Å². The molecule has 4 rings (SSSR count). The lowest BCUT2D eigenvalue weighted by Gasteiger charge is -2.35. The van der Waals surface area contributed by atoms with Crippen LogP contribution in [0, 0.1) is 13.8 Å². The highest BCUT2D eigenvalue weighted by Crippen LogP contribution is 2.26. The molecule has 1 fully saturated rings. The Hall–Kier alpha value is -2.92. The van der Waals surface area contributed by atoms with Gasteiger partial charge in [0, 0.05) is 42.8 Å². The largest absolute Gasteiger partial charge is 0.354 e. The normalized spacial score (nSPS) is 14.9. The molecule has 1 aliphatic heterocycles. The average molecular weight is 389 g/mol. The zero-order chi connectivity index (χ0) is 20.4. The third-order valence-corrected chi connectivity index (χ3v) is 5.72. The smallest absolute Gasteiger partial charge is 0.255 e. The van der Waals surface area contributed by atoms with Gasteiger partial charge in [0.05, 0.1) is 5.52 Å². The second-order valence-electron chi connectivity index (χ2n) is 7.77. The fraction of sp³-hybridized carbons (Fsp3) is 0.333. The summed E-state index contributed by atoms with van der Waals surface area (Å²) in [6.07, 6.45) is 0. The summed E-state index contributed by atoms with van der Waals surface area (Å²) < 4.78 is 0. The summed E-state index contributed by atoms with van der Waals surface area (Å²) in [5.74, 6) is 0.947. The number of nitrogens with zero attached hydrogens (tertiary/aromatic N) is 3. The summed E-state index contributed by atoms with van der Waals surface area (Å²) in [5, 5.41) is 4.08. The number of fused-ring (bicyclic) bond motifs is 1. The minimum atomic E-state index is -0.0969. The van der Waals surface area contributed by atoms with E-state index in [9.17, 15) is 4.79 Å². The highest BCUT2D eigenvalue weighted by molar-refractivity contribution is 6.05. The molecule has 150 valence electrons. The number of nitrogens with one attached hydrogen (secondary N) is 1. The fourth-order valence-corrected chi connectivity index (χ4v) is 3.82. The van der Waals surface area contributed by atoms with E-state index < -0.39 is 0 Å². The number of anilines is 2. The van der Waals surface area contributed by atoms with Crippen molar-refractivity contribution in [2.45, 2.75) is 20.8 Å². The van der Waals surface area contributed by atoms with Crippen LogP contribution in [0.4, 0.5) is 11.5 Å². The maximum absolute atomic E-state index is 12.5. The van der Waals surface area contributed by atoms with Crippen LogP contribution in [-0.4, -0.2) is 48.5 Å². The number of hydrogen-bond donors (Lipinski definition) is 1. The number of benzene rings is 2. The first kappa shape index (κ1) is 19.4. The topological polar surface area (TPSA) is 48.5 Å². The minimum absolute atomic E-state index is 0.0969. The van der Waals surface area contributed by atoms with E-state index in [1.165, 1.54) is 5.56 Å². The Morgan fingerprint density at radius 1 is 1.00 bits per heavy atom. The summed E-state index contributed by atoms with van der Waals surface area (Å²) in [6, 6.07) is 15.7. The van der Waals surface area contributed by atoms with Crippen LogP contribution >= 0.6 is 0 Å². The van der Waals surface area contributed by atoms with E-state index >= 15 is 0 Å². The molecule has 0 radical (unpaired) electrons. The Labute approximate surface area is 172 Å². The number of piperazine rings is 1. The third kappa shape index (κ3) is 4.25. The molecule has 1 aromatic heterocycles. The van der Waals surface area contributed by atoms with Crippen LogP contribution in [0.5, 0.6) is 0 Å². The molecule has 0 bridgehead atoms. The average Bonchev–Trinajstić information content (AvgIpc) is 2.74. The van der Waals surface area contributed by atoms with Gasteiger partial charge in [-0.25, -0.2) is 4.98 Å². The van der Waals surface area contributed by atoms with E-state index in [-0.39, 0.29) is 5.91 Å². The molecule has 0 saturated carbocycles. The Kier molecular flexibility index (Phi) is 5.49. The number of hydrogen-bond acceptors (Lipinski definition) is 4. The number of rotatable bonds is 4. The first-order valence-electron chi connectivity index (χ1n) is 10.3. The van der Waals surface area contributed by atoms with Crippen molar-refractivity contribution in [3.05, 3.63) is 65.2 Å². The fourth-order valence-electron chi connectivity index (χ4n) is 3.82. The highest BCUT2D eigenvalue weighted by Gasteiger charge is 2.18. The first-order valence-corrected chi connectivity index (χ1v) is 10.3. The van der Waals surface area contributed by atoms with E-state index in [2.05, 4.69) is 35.0 Å². The second kappa shape index (κ2) is 8.21. The Bertz CT molecular complexity index is 1020. The molecular weight excluding hydrogens is 360 g/mol. The Morgan fingerprint density at radius 2 is 1.72 bits per heavy atom. The predicted octanol–water partition coefficient (Wildman–Crippen LogP) is 4.25. The van der Waals surface area contributed by atoms with Crippen molar-refractivity contribution < 1.29 is 4.79 Å². The lowest BCUT2D eigenvalue weighted by atomic mass is 10.1. The predicted molar refractivity (Wildman–Crippen MR) is 120 cm³/mol. The molecule has 2 aromatic carbocycles. The number of carbonyl (C=O) groups excluding carboxylic acids is 1. The number of pyridine rings is 1. The highest BCUT2D eigenvalue weighted by atomic mass is 16.1. The lowest BCUT2D eigenvalue weighted by molar-refractivity contribution is 0.102. The molecule has 1 aliphatic rings. The molecule has 5 nitrogen and oxygen atoms in total. The van der Waals surface area contributed by atoms with E-state index in [1.54, 1.807) is 0 Å². The van der Waals surface area contributed by atoms with E-state index in [1.807, 2.05) is 49.4 Å². The number of aryl methyl sites for hydroxylation is 2. The number of carbonyl (C=O) groups is 1. The van der Waals surface area contributed by atoms with Gasteiger partial charge in [0.15, 0.2) is 0 Å². The molecule has 5 heteroatoms. The standard InChI is InChI=1S/C24H28N4O/c1-4-27-11-13-28(14-12-27)23-15-18(3)21-16-20(9-10-22(21)26-23)25-24(29)19-7-5-17(2)6-8-19/h5-10,15-16H,4,11-14H2,1-3H3,(H,25,29). The van der Waals surface area contributed by atoms with Crippen LogP contribution in [0.2, 0.25) is 0 Å². The monoisotopic (exact) mass is 388 g/mol. The molecular formula is C24H28N4O. The van der Waals surface area contributed by atoms with Crippen LogP contribution in [0.3, 0.4) is 0 Å². The SMILES string of the molecule is CCN1CCN(c2cc(C)c3cc(NC(=O)c4ccc(C)cc4)ccc3n2)CC1. The van der Waals surface area contributed by atoms with Crippen molar-refractivity contribution in [3.63, 3.8) is 0 Å². The van der Waals surface area contributed by atoms with Crippen LogP contribution in [0.15, 0.2) is 48.5 Å². The van der Waals surface area contributed by atoms with Gasteiger partial charge in [-0.05, 0) is 62.4 Å². The van der Waals surface area contributed by atoms with Gasteiger partial charge in [0.1, 0.15) is 5.82 Å². The van der Waals surface area contributed by atoms with Gasteiger partial charge in [-0.2, -0.15) is 0 Å². The van der Waals surface area contributed by atoms with Gasteiger partial charge >= 0.3 is 0 Å². The molecule has 0 aliphatic carbocycles. The summed E-state index contributed by atoms with van der Waals surface area (Å²) in [6.45, 7) is 11.6. The first-order chi connectivity index (χ1) is 14.0. The zero-order valence-electron chi connectivity index (χ0n) is 17.4. The quantitative estimate of drug-likeness (QED) is 0.726. The second-order valence-corrected chi connectivity index (χ2v) is 7.77. The molecule has 1 saturated heterocycles. The molecule has 1 N–H and O–H groups in total. The number of aromatic nitrogens is 1. The van der Waals surface area contributed by atoms with Crippen molar-refractivity contribution in [2.75, 3.05) is 42.9 Å². The van der Waals surface area contributed by atoms with E-state index in [0.717, 1.165) is 60.7 Å². The summed E-state index contributed by atoms with van der Waals surface area (Å²) in [7, 11) is 0. The van der Waals surface area contributed by atoms with Crippen molar-refractivity contribution in [1.29, 1.82) is 0 Å². The van der Waals surface area contributed by atoms with Crippen molar-refractivity contribution in [3.8, 4) is 0 Å². The lowest BCUT2D eigenvalue weighted by Crippen LogP contribution is -2.46. The van der Waals surface area contributed by atoms with Gasteiger partial charge in [-0.1, -0.05) is 24.6 Å². The van der Waals surface area contributed by atoms with Gasteiger partial charge in [0.25, 0.3) is 5.91 Å². The van der Waals surface area contributed by atoms with Crippen LogP contribution in [0.25, 0.3) is 10.9 Å². The van der Waals surface area contributed by atoms with Gasteiger partial charge in [0.2, 0.25) is 0 Å². The molecule has 1 amide bonds. The Morgan fingerprint density at radius 3 is 2.41 bits per heavy atom. The summed E-state index contributed by atoms with van der Waals surface area (Å²) in [4.78, 5) is 22.2. The van der Waals surface area contributed by atoms with E-state index in [4.69, 9.17) is 4.98 Å². The summed E-state index contributed by atoms with van der Waals surface area (Å²) in [5.41, 5.74) is 4.73. The maximum Gasteiger partial charge on any atom is 0.255 e. The van der Waals surface area contributed by atoms with Crippen LogP contribution < -0.4 is 10.2 Å². The maximum atomic E-state index is 12.5. The molecule has 0 unspecified atom stereocenters. The number of likely N-dealkylation sites (N-methyl/N-ethyl adjacent to an activating group) is 1. The third-order valence-electron chi connectivity index (χ3n) is 5.72.